The minimum Gasteiger partial charge on any atom is -0.496 e. The lowest BCUT2D eigenvalue weighted by atomic mass is 9.84. The van der Waals surface area contributed by atoms with Crippen LogP contribution in [0.4, 0.5) is 0 Å². The van der Waals surface area contributed by atoms with Crippen LogP contribution in [0.25, 0.3) is 0 Å². The van der Waals surface area contributed by atoms with Crippen molar-refractivity contribution in [2.45, 2.75) is 39.5 Å². The number of nitrogens with two attached hydrogens (primary N) is 1. The highest BCUT2D eigenvalue weighted by Crippen LogP contribution is 2.35. The molecule has 0 bridgehead atoms. The van der Waals surface area contributed by atoms with E-state index in [1.165, 1.54) is 16.7 Å². The SMILES string of the molecule is COc1c(C(C)(C)C)ccc(C)c1CCON. The molecule has 1 aromatic rings. The molecule has 0 aromatic heterocycles. The molecule has 0 saturated carbocycles. The molecule has 0 aliphatic rings. The first kappa shape index (κ1) is 14.0. The predicted molar refractivity (Wildman–Crippen MR) is 70.3 cm³/mol. The second-order valence-corrected chi connectivity index (χ2v) is 5.31. The molecule has 1 rings (SSSR count). The fourth-order valence-electron chi connectivity index (χ4n) is 2.02. The monoisotopic (exact) mass is 237 g/mol. The smallest absolute Gasteiger partial charge is 0.126 e. The van der Waals surface area contributed by atoms with E-state index in [9.17, 15) is 0 Å². The molecule has 0 aliphatic carbocycles. The Morgan fingerprint density at radius 1 is 1.24 bits per heavy atom. The molecule has 0 spiro atoms. The van der Waals surface area contributed by atoms with Gasteiger partial charge in [-0.15, -0.1) is 0 Å². The van der Waals surface area contributed by atoms with Crippen molar-refractivity contribution in [2.24, 2.45) is 5.90 Å². The van der Waals surface area contributed by atoms with Gasteiger partial charge in [0.1, 0.15) is 5.75 Å². The molecule has 0 unspecified atom stereocenters. The summed E-state index contributed by atoms with van der Waals surface area (Å²) in [5.74, 6) is 6.07. The van der Waals surface area contributed by atoms with E-state index in [0.717, 1.165) is 12.2 Å². The van der Waals surface area contributed by atoms with Gasteiger partial charge in [-0.05, 0) is 29.0 Å². The normalized spacial score (nSPS) is 11.6. The average Bonchev–Trinajstić information content (AvgIpc) is 2.25. The summed E-state index contributed by atoms with van der Waals surface area (Å²) in [6.07, 6.45) is 0.773. The second kappa shape index (κ2) is 5.52. The Morgan fingerprint density at radius 3 is 2.35 bits per heavy atom. The second-order valence-electron chi connectivity index (χ2n) is 5.31. The average molecular weight is 237 g/mol. The lowest BCUT2D eigenvalue weighted by Gasteiger charge is -2.25. The van der Waals surface area contributed by atoms with Crippen molar-refractivity contribution in [1.82, 2.24) is 0 Å². The molecule has 0 heterocycles. The highest BCUT2D eigenvalue weighted by atomic mass is 16.6. The largest absolute Gasteiger partial charge is 0.496 e. The third kappa shape index (κ3) is 3.20. The van der Waals surface area contributed by atoms with Crippen molar-refractivity contribution in [3.63, 3.8) is 0 Å². The van der Waals surface area contributed by atoms with E-state index in [-0.39, 0.29) is 5.41 Å². The van der Waals surface area contributed by atoms with Gasteiger partial charge in [-0.3, -0.25) is 0 Å². The molecule has 3 heteroatoms. The van der Waals surface area contributed by atoms with Gasteiger partial charge in [0.2, 0.25) is 0 Å². The van der Waals surface area contributed by atoms with Gasteiger partial charge in [0.15, 0.2) is 0 Å². The molecule has 0 radical (unpaired) electrons. The molecule has 0 fully saturated rings. The summed E-state index contributed by atoms with van der Waals surface area (Å²) in [5, 5.41) is 0. The predicted octanol–water partition coefficient (Wildman–Crippen LogP) is 2.73. The Bertz CT molecular complexity index is 381. The molecule has 17 heavy (non-hydrogen) atoms. The third-order valence-corrected chi connectivity index (χ3v) is 2.98. The lowest BCUT2D eigenvalue weighted by Crippen LogP contribution is -2.15. The van der Waals surface area contributed by atoms with Gasteiger partial charge in [0.25, 0.3) is 0 Å². The number of hydrogen-bond donors (Lipinski definition) is 1. The van der Waals surface area contributed by atoms with Crippen LogP contribution in [0.1, 0.15) is 37.5 Å². The fraction of sp³-hybridized carbons (Fsp3) is 0.571. The Morgan fingerprint density at radius 2 is 1.88 bits per heavy atom. The Balaban J connectivity index is 3.26. The minimum atomic E-state index is 0.0668. The fourth-order valence-corrected chi connectivity index (χ4v) is 2.02. The molecule has 3 nitrogen and oxygen atoms in total. The summed E-state index contributed by atoms with van der Waals surface area (Å²) in [5.41, 5.74) is 3.69. The van der Waals surface area contributed by atoms with Gasteiger partial charge in [-0.25, -0.2) is 5.90 Å². The number of aryl methyl sites for hydroxylation is 1. The Labute approximate surface area is 104 Å². The van der Waals surface area contributed by atoms with E-state index < -0.39 is 0 Å². The van der Waals surface area contributed by atoms with Crippen molar-refractivity contribution in [1.29, 1.82) is 0 Å². The quantitative estimate of drug-likeness (QED) is 0.819. The van der Waals surface area contributed by atoms with Crippen molar-refractivity contribution in [3.8, 4) is 5.75 Å². The Kier molecular flexibility index (Phi) is 4.54. The molecule has 1 aromatic carbocycles. The third-order valence-electron chi connectivity index (χ3n) is 2.98. The molecule has 96 valence electrons. The van der Waals surface area contributed by atoms with Gasteiger partial charge >= 0.3 is 0 Å². The first-order valence-electron chi connectivity index (χ1n) is 5.90. The first-order chi connectivity index (χ1) is 7.91. The van der Waals surface area contributed by atoms with Crippen molar-refractivity contribution in [2.75, 3.05) is 13.7 Å². The van der Waals surface area contributed by atoms with E-state index in [0.29, 0.717) is 6.61 Å². The van der Waals surface area contributed by atoms with E-state index in [4.69, 9.17) is 10.6 Å². The van der Waals surface area contributed by atoms with Crippen LogP contribution >= 0.6 is 0 Å². The van der Waals surface area contributed by atoms with Gasteiger partial charge < -0.3 is 9.57 Å². The molecule has 0 saturated heterocycles. The van der Waals surface area contributed by atoms with Gasteiger partial charge in [-0.1, -0.05) is 32.9 Å². The van der Waals surface area contributed by atoms with E-state index in [1.54, 1.807) is 7.11 Å². The van der Waals surface area contributed by atoms with Crippen LogP contribution in [-0.2, 0) is 16.7 Å². The van der Waals surface area contributed by atoms with Crippen LogP contribution in [-0.4, -0.2) is 13.7 Å². The van der Waals surface area contributed by atoms with E-state index >= 15 is 0 Å². The maximum Gasteiger partial charge on any atom is 0.126 e. The zero-order valence-electron chi connectivity index (χ0n) is 11.5. The van der Waals surface area contributed by atoms with Crippen LogP contribution in [0.5, 0.6) is 5.75 Å². The number of hydrogen-bond acceptors (Lipinski definition) is 3. The zero-order valence-corrected chi connectivity index (χ0v) is 11.5. The summed E-state index contributed by atoms with van der Waals surface area (Å²) in [6, 6.07) is 4.27. The van der Waals surface area contributed by atoms with Crippen molar-refractivity contribution >= 4 is 0 Å². The minimum absolute atomic E-state index is 0.0668. The summed E-state index contributed by atoms with van der Waals surface area (Å²) < 4.78 is 5.58. The van der Waals surface area contributed by atoms with Gasteiger partial charge in [-0.2, -0.15) is 0 Å². The van der Waals surface area contributed by atoms with Crippen LogP contribution in [0.3, 0.4) is 0 Å². The molecule has 0 amide bonds. The molecule has 2 N–H and O–H groups in total. The van der Waals surface area contributed by atoms with Crippen molar-refractivity contribution < 1.29 is 9.57 Å². The standard InChI is InChI=1S/C14H23NO2/c1-10-6-7-12(14(2,3)4)13(16-5)11(10)8-9-17-15/h6-7H,8-9,15H2,1-5H3. The van der Waals surface area contributed by atoms with Crippen LogP contribution in [0, 0.1) is 6.92 Å². The number of rotatable bonds is 4. The Hall–Kier alpha value is -1.06. The van der Waals surface area contributed by atoms with Gasteiger partial charge in [0, 0.05) is 6.42 Å². The summed E-state index contributed by atoms with van der Waals surface area (Å²) in [4.78, 5) is 4.67. The summed E-state index contributed by atoms with van der Waals surface area (Å²) in [7, 11) is 1.72. The maximum absolute atomic E-state index is 5.58. The number of methoxy groups -OCH3 is 1. The van der Waals surface area contributed by atoms with Crippen LogP contribution in [0.15, 0.2) is 12.1 Å². The van der Waals surface area contributed by atoms with Crippen LogP contribution < -0.4 is 10.6 Å². The zero-order chi connectivity index (χ0) is 13.1. The molecule has 0 aliphatic heterocycles. The van der Waals surface area contributed by atoms with Gasteiger partial charge in [0.05, 0.1) is 13.7 Å². The number of ether oxygens (including phenoxy) is 1. The van der Waals surface area contributed by atoms with Crippen molar-refractivity contribution in [3.05, 3.63) is 28.8 Å². The summed E-state index contributed by atoms with van der Waals surface area (Å²) in [6.45, 7) is 9.14. The molecule has 0 atom stereocenters. The highest BCUT2D eigenvalue weighted by Gasteiger charge is 2.21. The van der Waals surface area contributed by atoms with E-state index in [1.807, 2.05) is 0 Å². The highest BCUT2D eigenvalue weighted by molar-refractivity contribution is 5.49. The summed E-state index contributed by atoms with van der Waals surface area (Å²) >= 11 is 0. The van der Waals surface area contributed by atoms with E-state index in [2.05, 4.69) is 44.7 Å². The van der Waals surface area contributed by atoms with Crippen LogP contribution in [0.2, 0.25) is 0 Å². The molecular weight excluding hydrogens is 214 g/mol. The first-order valence-corrected chi connectivity index (χ1v) is 5.90. The molecular formula is C14H23NO2. The topological polar surface area (TPSA) is 44.5 Å². The maximum atomic E-state index is 5.58. The lowest BCUT2D eigenvalue weighted by molar-refractivity contribution is 0.140. The number of benzene rings is 1.